The topological polar surface area (TPSA) is 130 Å². The van der Waals surface area contributed by atoms with Gasteiger partial charge >= 0.3 is 0 Å². The van der Waals surface area contributed by atoms with Gasteiger partial charge in [-0.1, -0.05) is 0 Å². The van der Waals surface area contributed by atoms with Crippen molar-refractivity contribution >= 4 is 28.4 Å². The molecule has 2 aliphatic carbocycles. The molecule has 6 rings (SSSR count). The number of amides is 1. The number of aromatic nitrogens is 5. The van der Waals surface area contributed by atoms with Gasteiger partial charge in [-0.05, 0) is 37.8 Å². The average Bonchev–Trinajstić information content (AvgIpc) is 3.40. The summed E-state index contributed by atoms with van der Waals surface area (Å²) in [5.41, 5.74) is 3.24. The Bertz CT molecular complexity index is 1370. The smallest absolute Gasteiger partial charge is 0.257 e. The summed E-state index contributed by atoms with van der Waals surface area (Å²) in [6.07, 6.45) is 7.39. The Hall–Kier alpha value is -3.50. The van der Waals surface area contributed by atoms with Gasteiger partial charge in [0, 0.05) is 42.5 Å². The summed E-state index contributed by atoms with van der Waals surface area (Å²) in [5, 5.41) is 31.0. The third kappa shape index (κ3) is 3.17. The maximum absolute atomic E-state index is 12.9. The van der Waals surface area contributed by atoms with Crippen molar-refractivity contribution in [1.29, 1.82) is 0 Å². The lowest BCUT2D eigenvalue weighted by molar-refractivity contribution is 0.0448. The second-order valence-electron chi connectivity index (χ2n) is 8.90. The minimum absolute atomic E-state index is 0.198. The Morgan fingerprint density at radius 1 is 1.21 bits per heavy atom. The molecule has 4 aromatic rings. The van der Waals surface area contributed by atoms with E-state index in [2.05, 4.69) is 25.3 Å². The first kappa shape index (κ1) is 20.1. The Balaban J connectivity index is 1.46. The number of aliphatic hydroxyl groups is 2. The molecule has 10 nitrogen and oxygen atoms in total. The highest BCUT2D eigenvalue weighted by atomic mass is 16.3. The molecule has 0 bridgehead atoms. The van der Waals surface area contributed by atoms with E-state index in [1.54, 1.807) is 17.8 Å². The summed E-state index contributed by atoms with van der Waals surface area (Å²) in [6, 6.07) is 5.77. The van der Waals surface area contributed by atoms with E-state index >= 15 is 0 Å². The fourth-order valence-corrected chi connectivity index (χ4v) is 4.69. The highest BCUT2D eigenvalue weighted by Gasteiger charge is 2.32. The summed E-state index contributed by atoms with van der Waals surface area (Å²) in [7, 11) is 1.80. The fourth-order valence-electron chi connectivity index (χ4n) is 4.69. The van der Waals surface area contributed by atoms with E-state index in [9.17, 15) is 15.0 Å². The van der Waals surface area contributed by atoms with Gasteiger partial charge in [-0.15, -0.1) is 0 Å². The second-order valence-corrected chi connectivity index (χ2v) is 8.90. The molecule has 33 heavy (non-hydrogen) atoms. The van der Waals surface area contributed by atoms with E-state index in [0.29, 0.717) is 42.0 Å². The summed E-state index contributed by atoms with van der Waals surface area (Å²) in [5.74, 6) is 0.398. The molecule has 0 aliphatic heterocycles. The highest BCUT2D eigenvalue weighted by Crippen LogP contribution is 2.38. The Morgan fingerprint density at radius 3 is 2.76 bits per heavy atom. The zero-order valence-corrected chi connectivity index (χ0v) is 18.1. The number of nitrogens with one attached hydrogen (secondary N) is 2. The minimum atomic E-state index is -0.504. The Labute approximate surface area is 189 Å². The molecule has 0 radical (unpaired) electrons. The minimum Gasteiger partial charge on any atom is -0.393 e. The number of fused-ring (bicyclic) bond motifs is 2. The van der Waals surface area contributed by atoms with Crippen molar-refractivity contribution in [2.75, 3.05) is 12.4 Å². The van der Waals surface area contributed by atoms with Crippen molar-refractivity contribution in [3.8, 4) is 11.3 Å². The van der Waals surface area contributed by atoms with Gasteiger partial charge in [0.1, 0.15) is 17.0 Å². The van der Waals surface area contributed by atoms with Gasteiger partial charge in [-0.25, -0.2) is 9.97 Å². The quantitative estimate of drug-likeness (QED) is 0.367. The van der Waals surface area contributed by atoms with Gasteiger partial charge in [0.2, 0.25) is 0 Å². The molecule has 10 heteroatoms. The number of nitrogens with zero attached hydrogens (tertiary/aromatic N) is 5. The first-order valence-corrected chi connectivity index (χ1v) is 11.2. The SMILES string of the molecule is CNc1cc(-c2cn(C3CC(O)C3)c3ncccc23)nc2c(C(=O)N[C@H]3CC[C@@H]3O)cnn12. The Morgan fingerprint density at radius 2 is 2.06 bits per heavy atom. The van der Waals surface area contributed by atoms with Crippen molar-refractivity contribution in [2.24, 2.45) is 0 Å². The van der Waals surface area contributed by atoms with Crippen LogP contribution in [0.15, 0.2) is 36.8 Å². The maximum atomic E-state index is 12.9. The Kier molecular flexibility index (Phi) is 4.59. The molecular formula is C23H25N7O3. The predicted molar refractivity (Wildman–Crippen MR) is 122 cm³/mol. The van der Waals surface area contributed by atoms with E-state index in [4.69, 9.17) is 4.98 Å². The zero-order valence-electron chi connectivity index (χ0n) is 18.1. The molecule has 2 fully saturated rings. The van der Waals surface area contributed by atoms with Gasteiger partial charge in [-0.3, -0.25) is 4.79 Å². The van der Waals surface area contributed by atoms with Crippen molar-refractivity contribution in [1.82, 2.24) is 29.5 Å². The van der Waals surface area contributed by atoms with Gasteiger partial charge in [-0.2, -0.15) is 9.61 Å². The van der Waals surface area contributed by atoms with Crippen LogP contribution in [0.3, 0.4) is 0 Å². The van der Waals surface area contributed by atoms with Crippen LogP contribution in [0, 0.1) is 0 Å². The lowest BCUT2D eigenvalue weighted by atomic mass is 9.89. The monoisotopic (exact) mass is 447 g/mol. The summed E-state index contributed by atoms with van der Waals surface area (Å²) in [6.45, 7) is 0. The summed E-state index contributed by atoms with van der Waals surface area (Å²) < 4.78 is 3.72. The van der Waals surface area contributed by atoms with E-state index in [-0.39, 0.29) is 24.1 Å². The van der Waals surface area contributed by atoms with Crippen LogP contribution in [-0.4, -0.2) is 65.6 Å². The van der Waals surface area contributed by atoms with Crippen LogP contribution in [0.1, 0.15) is 42.1 Å². The van der Waals surface area contributed by atoms with Crippen molar-refractivity contribution < 1.29 is 15.0 Å². The van der Waals surface area contributed by atoms with Gasteiger partial charge in [0.15, 0.2) is 5.65 Å². The van der Waals surface area contributed by atoms with Crippen molar-refractivity contribution in [2.45, 2.75) is 50.0 Å². The standard InChI is InChI=1S/C23H25N7O3/c1-24-20-9-18(16-11-29(12-7-13(31)8-12)21-14(16)3-2-6-25-21)27-22-15(10-26-30(20)22)23(33)28-17-4-5-19(17)32/h2-3,6,9-13,17,19,24,31-32H,4-5,7-8H2,1H3,(H,28,33)/t12?,13?,17-,19-/m0/s1. The number of carbonyl (C=O) groups is 1. The fraction of sp³-hybridized carbons (Fsp3) is 0.391. The molecule has 2 saturated carbocycles. The van der Waals surface area contributed by atoms with Gasteiger partial charge in [0.25, 0.3) is 5.91 Å². The third-order valence-electron chi connectivity index (χ3n) is 6.87. The van der Waals surface area contributed by atoms with Crippen molar-refractivity contribution in [3.05, 3.63) is 42.4 Å². The number of aliphatic hydroxyl groups excluding tert-OH is 2. The van der Waals surface area contributed by atoms with Gasteiger partial charge < -0.3 is 25.4 Å². The van der Waals surface area contributed by atoms with Crippen LogP contribution in [0.5, 0.6) is 0 Å². The predicted octanol–water partition coefficient (Wildman–Crippen LogP) is 1.74. The number of pyridine rings is 1. The third-order valence-corrected chi connectivity index (χ3v) is 6.87. The molecule has 0 aromatic carbocycles. The van der Waals surface area contributed by atoms with E-state index < -0.39 is 6.10 Å². The van der Waals surface area contributed by atoms with E-state index in [1.807, 2.05) is 24.4 Å². The highest BCUT2D eigenvalue weighted by molar-refractivity contribution is 6.01. The van der Waals surface area contributed by atoms with Gasteiger partial charge in [0.05, 0.1) is 30.1 Å². The number of hydrogen-bond acceptors (Lipinski definition) is 7. The van der Waals surface area contributed by atoms with E-state index in [0.717, 1.165) is 23.0 Å². The number of hydrogen-bond donors (Lipinski definition) is 4. The normalized spacial score (nSPS) is 24.5. The van der Waals surface area contributed by atoms with E-state index in [1.165, 1.54) is 6.20 Å². The average molecular weight is 447 g/mol. The first-order valence-electron chi connectivity index (χ1n) is 11.2. The lowest BCUT2D eigenvalue weighted by Crippen LogP contribution is -2.50. The molecule has 4 N–H and O–H groups in total. The molecule has 4 aromatic heterocycles. The van der Waals surface area contributed by atoms with Crippen LogP contribution < -0.4 is 10.6 Å². The zero-order chi connectivity index (χ0) is 22.7. The maximum Gasteiger partial charge on any atom is 0.257 e. The summed E-state index contributed by atoms with van der Waals surface area (Å²) in [4.78, 5) is 22.3. The molecule has 1 amide bonds. The number of rotatable bonds is 5. The summed E-state index contributed by atoms with van der Waals surface area (Å²) >= 11 is 0. The molecular weight excluding hydrogens is 422 g/mol. The molecule has 4 heterocycles. The van der Waals surface area contributed by atoms with Crippen LogP contribution in [-0.2, 0) is 0 Å². The first-order chi connectivity index (χ1) is 16.0. The van der Waals surface area contributed by atoms with Crippen LogP contribution in [0.25, 0.3) is 27.9 Å². The molecule has 2 aliphatic rings. The molecule has 0 unspecified atom stereocenters. The van der Waals surface area contributed by atoms with Crippen molar-refractivity contribution in [3.63, 3.8) is 0 Å². The second kappa shape index (κ2) is 7.53. The number of anilines is 1. The largest absolute Gasteiger partial charge is 0.393 e. The molecule has 2 atom stereocenters. The van der Waals surface area contributed by atoms with Crippen LogP contribution in [0.2, 0.25) is 0 Å². The number of carbonyl (C=O) groups excluding carboxylic acids is 1. The molecule has 0 spiro atoms. The van der Waals surface area contributed by atoms with Crippen LogP contribution in [0.4, 0.5) is 5.82 Å². The molecule has 0 saturated heterocycles. The van der Waals surface area contributed by atoms with Crippen LogP contribution >= 0.6 is 0 Å². The molecule has 170 valence electrons. The lowest BCUT2D eigenvalue weighted by Gasteiger charge is -2.32.